The second-order valence-electron chi connectivity index (χ2n) is 9.39. The summed E-state index contributed by atoms with van der Waals surface area (Å²) in [6, 6.07) is 15.4. The van der Waals surface area contributed by atoms with Crippen LogP contribution in [0.1, 0.15) is 36.8 Å². The molecule has 2 aromatic rings. The molecule has 2 amide bonds. The molecule has 2 fully saturated rings. The van der Waals surface area contributed by atoms with E-state index in [1.54, 1.807) is 6.07 Å². The normalized spacial score (nSPS) is 17.5. The van der Waals surface area contributed by atoms with Gasteiger partial charge in [-0.25, -0.2) is 0 Å². The molecule has 196 valence electrons. The Hall–Kier alpha value is -3.51. The molecule has 1 N–H and O–H groups in total. The van der Waals surface area contributed by atoms with Crippen LogP contribution in [0.25, 0.3) is 0 Å². The Morgan fingerprint density at radius 3 is 2.32 bits per heavy atom. The number of benzene rings is 2. The molecule has 0 bridgehead atoms. The maximum absolute atomic E-state index is 12.5. The zero-order valence-electron chi connectivity index (χ0n) is 20.5. The zero-order valence-corrected chi connectivity index (χ0v) is 20.5. The molecule has 0 radical (unpaired) electrons. The van der Waals surface area contributed by atoms with E-state index in [9.17, 15) is 22.8 Å². The van der Waals surface area contributed by atoms with Crippen LogP contribution in [0.3, 0.4) is 0 Å². The van der Waals surface area contributed by atoms with Crippen LogP contribution in [-0.4, -0.2) is 66.2 Å². The molecule has 0 saturated carbocycles. The molecule has 0 aliphatic carbocycles. The highest BCUT2D eigenvalue weighted by Gasteiger charge is 2.31. The maximum atomic E-state index is 12.5. The number of nitrogens with one attached hydrogen (secondary N) is 1. The van der Waals surface area contributed by atoms with Gasteiger partial charge in [0.25, 0.3) is 5.91 Å². The standard InChI is InChI=1S/C28H30F3N3O3/c29-28(30,31)37-25-8-4-7-22(19-25)20-26(35)32-23-11-15-33(16-12-23)24-13-17-34(18-14-24)27(36)10-9-21-5-2-1-3-6-21/h1-8,19,23-24H,11-18,20H2,(H,32,35). The van der Waals surface area contributed by atoms with Crippen molar-refractivity contribution in [2.24, 2.45) is 0 Å². The lowest BCUT2D eigenvalue weighted by atomic mass is 9.97. The topological polar surface area (TPSA) is 61.9 Å². The summed E-state index contributed by atoms with van der Waals surface area (Å²) >= 11 is 0. The van der Waals surface area contributed by atoms with Crippen molar-refractivity contribution in [2.45, 2.75) is 50.6 Å². The van der Waals surface area contributed by atoms with E-state index in [4.69, 9.17) is 0 Å². The number of alkyl halides is 3. The third-order valence-electron chi connectivity index (χ3n) is 6.75. The molecule has 0 unspecified atom stereocenters. The molecule has 0 atom stereocenters. The van der Waals surface area contributed by atoms with Gasteiger partial charge in [0.15, 0.2) is 0 Å². The van der Waals surface area contributed by atoms with Crippen LogP contribution in [0.2, 0.25) is 0 Å². The number of carbonyl (C=O) groups excluding carboxylic acids is 2. The number of hydrogen-bond acceptors (Lipinski definition) is 4. The Morgan fingerprint density at radius 1 is 0.946 bits per heavy atom. The Labute approximate surface area is 214 Å². The number of halogens is 3. The first kappa shape index (κ1) is 26.6. The zero-order chi connectivity index (χ0) is 26.3. The molecule has 6 nitrogen and oxygen atoms in total. The number of ether oxygens (including phenoxy) is 1. The van der Waals surface area contributed by atoms with E-state index >= 15 is 0 Å². The molecule has 37 heavy (non-hydrogen) atoms. The Morgan fingerprint density at radius 2 is 1.65 bits per heavy atom. The minimum Gasteiger partial charge on any atom is -0.406 e. The van der Waals surface area contributed by atoms with Gasteiger partial charge in [0.05, 0.1) is 6.42 Å². The van der Waals surface area contributed by atoms with Gasteiger partial charge < -0.3 is 19.9 Å². The number of carbonyl (C=O) groups is 2. The Kier molecular flexibility index (Phi) is 8.72. The minimum atomic E-state index is -4.77. The SMILES string of the molecule is O=C(Cc1cccc(OC(F)(F)F)c1)NC1CCN(C2CCN(C(=O)C#Cc3ccccc3)CC2)CC1. The highest BCUT2D eigenvalue weighted by Crippen LogP contribution is 2.24. The average Bonchev–Trinajstić information content (AvgIpc) is 2.87. The highest BCUT2D eigenvalue weighted by molar-refractivity contribution is 5.94. The van der Waals surface area contributed by atoms with E-state index in [0.717, 1.165) is 44.3 Å². The lowest BCUT2D eigenvalue weighted by Crippen LogP contribution is -2.51. The molecular formula is C28H30F3N3O3. The van der Waals surface area contributed by atoms with E-state index < -0.39 is 6.36 Å². The van der Waals surface area contributed by atoms with Crippen molar-refractivity contribution in [3.05, 3.63) is 65.7 Å². The summed E-state index contributed by atoms with van der Waals surface area (Å²) < 4.78 is 41.2. The predicted molar refractivity (Wildman–Crippen MR) is 132 cm³/mol. The summed E-state index contributed by atoms with van der Waals surface area (Å²) in [5.74, 6) is 4.98. The fourth-order valence-corrected chi connectivity index (χ4v) is 4.89. The van der Waals surface area contributed by atoms with Crippen molar-refractivity contribution < 1.29 is 27.5 Å². The predicted octanol–water partition coefficient (Wildman–Crippen LogP) is 3.75. The molecule has 0 spiro atoms. The number of rotatable bonds is 5. The van der Waals surface area contributed by atoms with Crippen LogP contribution in [0.4, 0.5) is 13.2 Å². The maximum Gasteiger partial charge on any atom is 0.573 e. The number of amides is 2. The summed E-state index contributed by atoms with van der Waals surface area (Å²) in [5.41, 5.74) is 1.29. The first-order chi connectivity index (χ1) is 17.7. The smallest absolute Gasteiger partial charge is 0.406 e. The molecule has 2 heterocycles. The van der Waals surface area contributed by atoms with Gasteiger partial charge in [0, 0.05) is 49.7 Å². The Balaban J connectivity index is 1.17. The third kappa shape index (κ3) is 8.25. The lowest BCUT2D eigenvalue weighted by molar-refractivity contribution is -0.274. The van der Waals surface area contributed by atoms with E-state index in [2.05, 4.69) is 26.8 Å². The second kappa shape index (κ2) is 12.2. The molecule has 9 heteroatoms. The van der Waals surface area contributed by atoms with Gasteiger partial charge in [0.2, 0.25) is 5.91 Å². The first-order valence-corrected chi connectivity index (χ1v) is 12.5. The van der Waals surface area contributed by atoms with Crippen molar-refractivity contribution in [2.75, 3.05) is 26.2 Å². The number of hydrogen-bond donors (Lipinski definition) is 1. The summed E-state index contributed by atoms with van der Waals surface area (Å²) in [7, 11) is 0. The van der Waals surface area contributed by atoms with E-state index in [0.29, 0.717) is 24.7 Å². The van der Waals surface area contributed by atoms with Crippen LogP contribution in [0.5, 0.6) is 5.75 Å². The monoisotopic (exact) mass is 513 g/mol. The van der Waals surface area contributed by atoms with Gasteiger partial charge in [0.1, 0.15) is 5.75 Å². The summed E-state index contributed by atoms with van der Waals surface area (Å²) in [5, 5.41) is 3.01. The van der Waals surface area contributed by atoms with Crippen molar-refractivity contribution in [3.63, 3.8) is 0 Å². The van der Waals surface area contributed by atoms with E-state index in [-0.39, 0.29) is 30.0 Å². The van der Waals surface area contributed by atoms with Gasteiger partial charge in [-0.1, -0.05) is 36.3 Å². The van der Waals surface area contributed by atoms with Crippen LogP contribution in [0.15, 0.2) is 54.6 Å². The van der Waals surface area contributed by atoms with E-state index in [1.165, 1.54) is 18.2 Å². The van der Waals surface area contributed by atoms with Gasteiger partial charge >= 0.3 is 6.36 Å². The molecule has 2 aliphatic rings. The van der Waals surface area contributed by atoms with Crippen LogP contribution < -0.4 is 10.1 Å². The van der Waals surface area contributed by atoms with Gasteiger partial charge in [-0.15, -0.1) is 13.2 Å². The molecular weight excluding hydrogens is 483 g/mol. The van der Waals surface area contributed by atoms with Crippen molar-refractivity contribution in [1.29, 1.82) is 0 Å². The van der Waals surface area contributed by atoms with Crippen molar-refractivity contribution in [3.8, 4) is 17.6 Å². The highest BCUT2D eigenvalue weighted by atomic mass is 19.4. The largest absolute Gasteiger partial charge is 0.573 e. The molecule has 2 saturated heterocycles. The van der Waals surface area contributed by atoms with Crippen LogP contribution in [0, 0.1) is 11.8 Å². The lowest BCUT2D eigenvalue weighted by Gasteiger charge is -2.41. The van der Waals surface area contributed by atoms with Crippen molar-refractivity contribution in [1.82, 2.24) is 15.1 Å². The average molecular weight is 514 g/mol. The summed E-state index contributed by atoms with van der Waals surface area (Å²) in [4.78, 5) is 29.2. The van der Waals surface area contributed by atoms with E-state index in [1.807, 2.05) is 35.2 Å². The number of nitrogens with zero attached hydrogens (tertiary/aromatic N) is 2. The third-order valence-corrected chi connectivity index (χ3v) is 6.75. The molecule has 2 aromatic carbocycles. The second-order valence-corrected chi connectivity index (χ2v) is 9.39. The number of likely N-dealkylation sites (tertiary alicyclic amines) is 2. The van der Waals surface area contributed by atoms with Gasteiger partial charge in [-0.3, -0.25) is 9.59 Å². The molecule has 4 rings (SSSR count). The van der Waals surface area contributed by atoms with Gasteiger partial charge in [-0.2, -0.15) is 0 Å². The summed E-state index contributed by atoms with van der Waals surface area (Å²) in [6.07, 6.45) is -1.36. The number of piperidine rings is 2. The first-order valence-electron chi connectivity index (χ1n) is 12.5. The molecule has 2 aliphatic heterocycles. The van der Waals surface area contributed by atoms with Crippen LogP contribution in [-0.2, 0) is 16.0 Å². The fourth-order valence-electron chi connectivity index (χ4n) is 4.89. The minimum absolute atomic E-state index is 0.00503. The summed E-state index contributed by atoms with van der Waals surface area (Å²) in [6.45, 7) is 3.07. The Bertz CT molecular complexity index is 1130. The molecule has 0 aromatic heterocycles. The van der Waals surface area contributed by atoms with Gasteiger partial charge in [-0.05, 0) is 55.5 Å². The quantitative estimate of drug-likeness (QED) is 0.619. The van der Waals surface area contributed by atoms with Crippen LogP contribution >= 0.6 is 0 Å². The van der Waals surface area contributed by atoms with Crippen molar-refractivity contribution >= 4 is 11.8 Å². The fraction of sp³-hybridized carbons (Fsp3) is 0.429.